The average molecular weight is 367 g/mol. The van der Waals surface area contributed by atoms with Crippen molar-refractivity contribution in [2.24, 2.45) is 0 Å². The summed E-state index contributed by atoms with van der Waals surface area (Å²) in [6.45, 7) is 2.81. The summed E-state index contributed by atoms with van der Waals surface area (Å²) in [5.74, 6) is -1.64. The summed E-state index contributed by atoms with van der Waals surface area (Å²) < 4.78 is 40.2. The molecule has 0 aliphatic carbocycles. The minimum absolute atomic E-state index is 0.256. The zero-order valence-electron chi connectivity index (χ0n) is 14.2. The molecule has 2 aromatic rings. The summed E-state index contributed by atoms with van der Waals surface area (Å²) in [5, 5.41) is 12.4. The minimum Gasteiger partial charge on any atom is -0.481 e. The molecule has 0 amide bonds. The molecule has 0 heterocycles. The molecular weight excluding hydrogens is 347 g/mol. The van der Waals surface area contributed by atoms with E-state index in [0.717, 1.165) is 16.7 Å². The Bertz CT molecular complexity index is 730. The van der Waals surface area contributed by atoms with Crippen LogP contribution in [0.2, 0.25) is 0 Å². The van der Waals surface area contributed by atoms with E-state index in [0.29, 0.717) is 19.5 Å². The van der Waals surface area contributed by atoms with Gasteiger partial charge in [-0.05, 0) is 35.2 Å². The van der Waals surface area contributed by atoms with E-state index in [2.05, 4.69) is 10.1 Å². The molecule has 0 fully saturated rings. The zero-order valence-corrected chi connectivity index (χ0v) is 14.2. The Hall–Kier alpha value is -2.54. The van der Waals surface area contributed by atoms with Gasteiger partial charge in [-0.3, -0.25) is 4.79 Å². The fourth-order valence-electron chi connectivity index (χ4n) is 2.63. The molecule has 0 radical (unpaired) electrons. The SMILES string of the molecule is CCC(C(=O)O)c1cccc(CNCc2ccc(OC(F)(F)F)cc2)c1. The number of aliphatic carboxylic acids is 1. The first-order valence-corrected chi connectivity index (χ1v) is 8.15. The van der Waals surface area contributed by atoms with E-state index in [4.69, 9.17) is 0 Å². The lowest BCUT2D eigenvalue weighted by molar-refractivity contribution is -0.274. The van der Waals surface area contributed by atoms with Crippen molar-refractivity contribution in [3.63, 3.8) is 0 Å². The Balaban J connectivity index is 1.91. The highest BCUT2D eigenvalue weighted by atomic mass is 19.4. The number of rotatable bonds is 8. The predicted octanol–water partition coefficient (Wildman–Crippen LogP) is 4.45. The molecule has 26 heavy (non-hydrogen) atoms. The Labute approximate surface area is 149 Å². The van der Waals surface area contributed by atoms with Crippen LogP contribution in [0.5, 0.6) is 5.75 Å². The van der Waals surface area contributed by atoms with Crippen LogP contribution in [0.3, 0.4) is 0 Å². The van der Waals surface area contributed by atoms with Crippen LogP contribution in [-0.4, -0.2) is 17.4 Å². The van der Waals surface area contributed by atoms with Crippen molar-refractivity contribution in [3.8, 4) is 5.75 Å². The van der Waals surface area contributed by atoms with Gasteiger partial charge in [-0.2, -0.15) is 0 Å². The van der Waals surface area contributed by atoms with Gasteiger partial charge < -0.3 is 15.2 Å². The molecular formula is C19H20F3NO3. The van der Waals surface area contributed by atoms with E-state index in [9.17, 15) is 23.1 Å². The van der Waals surface area contributed by atoms with E-state index in [1.807, 2.05) is 25.1 Å². The first kappa shape index (κ1) is 19.8. The fourth-order valence-corrected chi connectivity index (χ4v) is 2.63. The second-order valence-corrected chi connectivity index (χ2v) is 5.84. The van der Waals surface area contributed by atoms with E-state index in [1.165, 1.54) is 12.1 Å². The van der Waals surface area contributed by atoms with Gasteiger partial charge in [-0.1, -0.05) is 43.3 Å². The average Bonchev–Trinajstić information content (AvgIpc) is 2.56. The number of carboxylic acids is 1. The Morgan fingerprint density at radius 3 is 2.35 bits per heavy atom. The molecule has 7 heteroatoms. The van der Waals surface area contributed by atoms with E-state index < -0.39 is 18.2 Å². The van der Waals surface area contributed by atoms with Gasteiger partial charge in [0.2, 0.25) is 0 Å². The lowest BCUT2D eigenvalue weighted by atomic mass is 9.95. The number of ether oxygens (including phenoxy) is 1. The maximum Gasteiger partial charge on any atom is 0.573 e. The van der Waals surface area contributed by atoms with Gasteiger partial charge >= 0.3 is 12.3 Å². The summed E-state index contributed by atoms with van der Waals surface area (Å²) >= 11 is 0. The lowest BCUT2D eigenvalue weighted by Crippen LogP contribution is -2.17. The summed E-state index contributed by atoms with van der Waals surface area (Å²) in [5.41, 5.74) is 2.51. The number of nitrogens with one attached hydrogen (secondary N) is 1. The van der Waals surface area contributed by atoms with Gasteiger partial charge in [0.05, 0.1) is 5.92 Å². The van der Waals surface area contributed by atoms with E-state index in [-0.39, 0.29) is 5.75 Å². The molecule has 0 spiro atoms. The van der Waals surface area contributed by atoms with Crippen molar-refractivity contribution in [1.82, 2.24) is 5.32 Å². The highest BCUT2D eigenvalue weighted by molar-refractivity contribution is 5.76. The van der Waals surface area contributed by atoms with Crippen LogP contribution in [0.4, 0.5) is 13.2 Å². The molecule has 0 saturated heterocycles. The summed E-state index contributed by atoms with van der Waals surface area (Å²) in [4.78, 5) is 11.3. The van der Waals surface area contributed by atoms with E-state index >= 15 is 0 Å². The zero-order chi connectivity index (χ0) is 19.2. The van der Waals surface area contributed by atoms with Gasteiger partial charge in [-0.15, -0.1) is 13.2 Å². The van der Waals surface area contributed by atoms with Crippen LogP contribution in [0.15, 0.2) is 48.5 Å². The molecule has 0 bridgehead atoms. The maximum absolute atomic E-state index is 12.1. The van der Waals surface area contributed by atoms with Crippen molar-refractivity contribution in [2.75, 3.05) is 0 Å². The Morgan fingerprint density at radius 2 is 1.77 bits per heavy atom. The highest BCUT2D eigenvalue weighted by Gasteiger charge is 2.30. The largest absolute Gasteiger partial charge is 0.573 e. The maximum atomic E-state index is 12.1. The third-order valence-corrected chi connectivity index (χ3v) is 3.87. The summed E-state index contributed by atoms with van der Waals surface area (Å²) in [6.07, 6.45) is -4.18. The van der Waals surface area contributed by atoms with Gasteiger partial charge in [0.25, 0.3) is 0 Å². The van der Waals surface area contributed by atoms with Crippen molar-refractivity contribution in [1.29, 1.82) is 0 Å². The molecule has 0 saturated carbocycles. The topological polar surface area (TPSA) is 58.6 Å². The van der Waals surface area contributed by atoms with Gasteiger partial charge in [0.15, 0.2) is 0 Å². The van der Waals surface area contributed by atoms with Crippen molar-refractivity contribution < 1.29 is 27.8 Å². The quantitative estimate of drug-likeness (QED) is 0.724. The summed E-state index contributed by atoms with van der Waals surface area (Å²) in [7, 11) is 0. The second kappa shape index (κ2) is 8.71. The van der Waals surface area contributed by atoms with Crippen LogP contribution < -0.4 is 10.1 Å². The van der Waals surface area contributed by atoms with Crippen molar-refractivity contribution in [3.05, 3.63) is 65.2 Å². The number of alkyl halides is 3. The predicted molar refractivity (Wildman–Crippen MR) is 90.8 cm³/mol. The number of benzene rings is 2. The molecule has 2 rings (SSSR count). The number of carboxylic acid groups (broad SMARTS) is 1. The fraction of sp³-hybridized carbons (Fsp3) is 0.316. The molecule has 140 valence electrons. The third kappa shape index (κ3) is 6.07. The number of hydrogen-bond donors (Lipinski definition) is 2. The number of hydrogen-bond acceptors (Lipinski definition) is 3. The third-order valence-electron chi connectivity index (χ3n) is 3.87. The monoisotopic (exact) mass is 367 g/mol. The first-order chi connectivity index (χ1) is 12.3. The normalized spacial score (nSPS) is 12.6. The lowest BCUT2D eigenvalue weighted by Gasteiger charge is -2.12. The second-order valence-electron chi connectivity index (χ2n) is 5.84. The van der Waals surface area contributed by atoms with Crippen LogP contribution in [0.25, 0.3) is 0 Å². The standard InChI is InChI=1S/C19H20F3NO3/c1-2-17(18(24)25)15-5-3-4-14(10-15)12-23-11-13-6-8-16(9-7-13)26-19(20,21)22/h3-10,17,23H,2,11-12H2,1H3,(H,24,25). The molecule has 0 aromatic heterocycles. The molecule has 0 aliphatic rings. The van der Waals surface area contributed by atoms with Crippen LogP contribution in [-0.2, 0) is 17.9 Å². The molecule has 2 N–H and O–H groups in total. The first-order valence-electron chi connectivity index (χ1n) is 8.15. The van der Waals surface area contributed by atoms with Crippen molar-refractivity contribution >= 4 is 5.97 Å². The Morgan fingerprint density at radius 1 is 1.12 bits per heavy atom. The smallest absolute Gasteiger partial charge is 0.481 e. The Kier molecular flexibility index (Phi) is 6.63. The molecule has 1 unspecified atom stereocenters. The molecule has 4 nitrogen and oxygen atoms in total. The molecule has 2 aromatic carbocycles. The molecule has 0 aliphatic heterocycles. The van der Waals surface area contributed by atoms with Gasteiger partial charge in [0, 0.05) is 13.1 Å². The highest BCUT2D eigenvalue weighted by Crippen LogP contribution is 2.23. The number of carbonyl (C=O) groups is 1. The number of halogens is 3. The van der Waals surface area contributed by atoms with Crippen molar-refractivity contribution in [2.45, 2.75) is 38.7 Å². The van der Waals surface area contributed by atoms with Crippen LogP contribution in [0, 0.1) is 0 Å². The minimum atomic E-state index is -4.70. The van der Waals surface area contributed by atoms with E-state index in [1.54, 1.807) is 18.2 Å². The van der Waals surface area contributed by atoms with Gasteiger partial charge in [0.1, 0.15) is 5.75 Å². The van der Waals surface area contributed by atoms with Crippen LogP contribution >= 0.6 is 0 Å². The summed E-state index contributed by atoms with van der Waals surface area (Å²) in [6, 6.07) is 13.0. The van der Waals surface area contributed by atoms with Gasteiger partial charge in [-0.25, -0.2) is 0 Å². The van der Waals surface area contributed by atoms with Crippen LogP contribution in [0.1, 0.15) is 36.0 Å². The molecule has 1 atom stereocenters.